The van der Waals surface area contributed by atoms with E-state index in [2.05, 4.69) is 319 Å². The molecule has 14 rings (SSSR count). The fourth-order valence-corrected chi connectivity index (χ4v) is 22.4. The Kier molecular flexibility index (Phi) is 11.2. The monoisotopic (exact) mass is 1000 g/mol. The lowest BCUT2D eigenvalue weighted by Gasteiger charge is -2.38. The molecule has 0 aliphatic carbocycles. The third-order valence-corrected chi connectivity index (χ3v) is 25.3. The summed E-state index contributed by atoms with van der Waals surface area (Å²) in [6.07, 6.45) is 0. The standard InChI is InChI=1S/C71H51N3Si2/c1-7-27-54(28-8-1)75(55-29-9-2-10-30-55,56-31-11-3-12-32-56)60-47-52(48-61(51-60)76(57-33-13-4-14-34-57,58-35-15-5-16-36-58)59-37-17-6-18-38-59)66-49-53(73-67-43-23-19-39-62(67)63-40-20-24-44-68(63)73)50-71(72-66)74-69-45-25-21-41-64(69)65-42-22-26-46-70(65)74/h1-51H. The Labute approximate surface area is 444 Å². The van der Waals surface area contributed by atoms with E-state index in [1.165, 1.54) is 63.0 Å². The summed E-state index contributed by atoms with van der Waals surface area (Å²) >= 11 is 0. The molecule has 0 aliphatic rings. The Balaban J connectivity index is 1.18. The van der Waals surface area contributed by atoms with E-state index < -0.39 is 16.1 Å². The highest BCUT2D eigenvalue weighted by Crippen LogP contribution is 2.37. The molecule has 0 atom stereocenters. The Bertz CT molecular complexity index is 3810. The molecule has 0 saturated heterocycles. The molecule has 76 heavy (non-hydrogen) atoms. The van der Waals surface area contributed by atoms with Gasteiger partial charge in [0, 0.05) is 33.2 Å². The molecule has 5 heteroatoms. The number of rotatable bonds is 11. The minimum absolute atomic E-state index is 0.856. The van der Waals surface area contributed by atoms with Gasteiger partial charge in [0.2, 0.25) is 0 Å². The molecule has 14 aromatic rings. The lowest BCUT2D eigenvalue weighted by Crippen LogP contribution is -2.78. The van der Waals surface area contributed by atoms with Crippen LogP contribution in [-0.2, 0) is 0 Å². The van der Waals surface area contributed by atoms with Gasteiger partial charge in [0.05, 0.1) is 33.4 Å². The van der Waals surface area contributed by atoms with Crippen molar-refractivity contribution in [3.63, 3.8) is 0 Å². The minimum atomic E-state index is -3.17. The van der Waals surface area contributed by atoms with E-state index in [-0.39, 0.29) is 0 Å². The van der Waals surface area contributed by atoms with Crippen molar-refractivity contribution >= 4 is 101 Å². The van der Waals surface area contributed by atoms with E-state index in [1.807, 2.05) is 0 Å². The number of nitrogens with zero attached hydrogens (tertiary/aromatic N) is 3. The second-order valence-corrected chi connectivity index (χ2v) is 27.4. The Morgan fingerprint density at radius 1 is 0.237 bits per heavy atom. The summed E-state index contributed by atoms with van der Waals surface area (Å²) in [5.74, 6) is 0.856. The molecule has 0 spiro atoms. The number of para-hydroxylation sites is 4. The van der Waals surface area contributed by atoms with Gasteiger partial charge in [0.1, 0.15) is 5.82 Å². The van der Waals surface area contributed by atoms with Crippen molar-refractivity contribution in [2.75, 3.05) is 0 Å². The number of hydrogen-bond donors (Lipinski definition) is 0. The van der Waals surface area contributed by atoms with Gasteiger partial charge in [-0.2, -0.15) is 0 Å². The molecule has 358 valence electrons. The number of benzene rings is 11. The molecule has 0 radical (unpaired) electrons. The van der Waals surface area contributed by atoms with Gasteiger partial charge in [-0.25, -0.2) is 4.98 Å². The smallest absolute Gasteiger partial charge is 0.179 e. The molecule has 3 heterocycles. The lowest BCUT2D eigenvalue weighted by atomic mass is 10.1. The summed E-state index contributed by atoms with van der Waals surface area (Å²) < 4.78 is 4.83. The molecule has 3 nitrogen and oxygen atoms in total. The van der Waals surface area contributed by atoms with Crippen molar-refractivity contribution in [2.45, 2.75) is 0 Å². The number of fused-ring (bicyclic) bond motifs is 6. The molecule has 11 aromatic carbocycles. The third kappa shape index (κ3) is 7.19. The quantitative estimate of drug-likeness (QED) is 0.0935. The van der Waals surface area contributed by atoms with Crippen molar-refractivity contribution in [1.82, 2.24) is 14.1 Å². The highest BCUT2D eigenvalue weighted by molar-refractivity contribution is 7.22. The van der Waals surface area contributed by atoms with Crippen LogP contribution < -0.4 is 41.5 Å². The first-order valence-electron chi connectivity index (χ1n) is 26.2. The Morgan fingerprint density at radius 2 is 0.513 bits per heavy atom. The summed E-state index contributed by atoms with van der Waals surface area (Å²) in [6.45, 7) is 0. The highest BCUT2D eigenvalue weighted by atomic mass is 28.3. The first-order valence-corrected chi connectivity index (χ1v) is 30.2. The van der Waals surface area contributed by atoms with Crippen molar-refractivity contribution in [3.8, 4) is 22.8 Å². The van der Waals surface area contributed by atoms with Crippen molar-refractivity contribution in [2.24, 2.45) is 0 Å². The summed E-state index contributed by atoms with van der Waals surface area (Å²) in [4.78, 5) is 5.98. The van der Waals surface area contributed by atoms with Gasteiger partial charge < -0.3 is 4.57 Å². The van der Waals surface area contributed by atoms with Crippen LogP contribution in [0.1, 0.15) is 0 Å². The second kappa shape index (κ2) is 18.8. The maximum absolute atomic E-state index is 5.98. The SMILES string of the molecule is c1ccc([Si](c2ccccc2)(c2ccccc2)c2cc(-c3cc(-n4c5ccccc5c5ccccc54)cc(-n4c5ccccc5c5ccccc54)n3)cc([Si](c3ccccc3)(c3ccccc3)c3ccccc3)c2)cc1. The average molecular weight is 1000 g/mol. The normalized spacial score (nSPS) is 11.9. The van der Waals surface area contributed by atoms with Crippen LogP contribution in [0.15, 0.2) is 309 Å². The topological polar surface area (TPSA) is 22.8 Å². The van der Waals surface area contributed by atoms with E-state index in [0.29, 0.717) is 0 Å². The van der Waals surface area contributed by atoms with E-state index in [4.69, 9.17) is 4.98 Å². The van der Waals surface area contributed by atoms with Crippen LogP contribution in [0.25, 0.3) is 66.4 Å². The number of hydrogen-bond acceptors (Lipinski definition) is 1. The van der Waals surface area contributed by atoms with E-state index in [0.717, 1.165) is 44.8 Å². The second-order valence-electron chi connectivity index (χ2n) is 19.8. The largest absolute Gasteiger partial charge is 0.309 e. The van der Waals surface area contributed by atoms with Gasteiger partial charge in [0.25, 0.3) is 0 Å². The predicted molar refractivity (Wildman–Crippen MR) is 326 cm³/mol. The maximum Gasteiger partial charge on any atom is 0.179 e. The molecule has 0 amide bonds. The molecule has 0 fully saturated rings. The van der Waals surface area contributed by atoms with Gasteiger partial charge >= 0.3 is 0 Å². The van der Waals surface area contributed by atoms with Gasteiger partial charge in [0.15, 0.2) is 16.1 Å². The Morgan fingerprint density at radius 3 is 0.829 bits per heavy atom. The van der Waals surface area contributed by atoms with Crippen LogP contribution in [0.5, 0.6) is 0 Å². The number of aromatic nitrogens is 3. The average Bonchev–Trinajstić information content (AvgIpc) is 4.06. The zero-order valence-corrected chi connectivity index (χ0v) is 43.8. The molecular weight excluding hydrogens is 951 g/mol. The zero-order valence-electron chi connectivity index (χ0n) is 41.8. The molecule has 0 saturated carbocycles. The third-order valence-electron chi connectivity index (χ3n) is 15.8. The number of pyridine rings is 1. The van der Waals surface area contributed by atoms with Crippen molar-refractivity contribution in [3.05, 3.63) is 309 Å². The van der Waals surface area contributed by atoms with Crippen LogP contribution in [0, 0.1) is 0 Å². The van der Waals surface area contributed by atoms with Crippen LogP contribution in [0.3, 0.4) is 0 Å². The molecule has 0 N–H and O–H groups in total. The predicted octanol–water partition coefficient (Wildman–Crippen LogP) is 11.7. The summed E-state index contributed by atoms with van der Waals surface area (Å²) in [6, 6.07) is 116. The van der Waals surface area contributed by atoms with Gasteiger partial charge in [-0.1, -0.05) is 273 Å². The summed E-state index contributed by atoms with van der Waals surface area (Å²) in [5.41, 5.74) is 7.53. The molecular formula is C71H51N3Si2. The van der Waals surface area contributed by atoms with E-state index >= 15 is 0 Å². The van der Waals surface area contributed by atoms with Crippen molar-refractivity contribution in [1.29, 1.82) is 0 Å². The van der Waals surface area contributed by atoms with Crippen LogP contribution in [0.2, 0.25) is 0 Å². The fourth-order valence-electron chi connectivity index (χ4n) is 12.6. The molecule has 0 aliphatic heterocycles. The van der Waals surface area contributed by atoms with Gasteiger partial charge in [-0.15, -0.1) is 0 Å². The van der Waals surface area contributed by atoms with Crippen LogP contribution >= 0.6 is 0 Å². The van der Waals surface area contributed by atoms with E-state index in [1.54, 1.807) is 0 Å². The fraction of sp³-hybridized carbons (Fsp3) is 0. The molecule has 0 bridgehead atoms. The summed E-state index contributed by atoms with van der Waals surface area (Å²) in [5, 5.41) is 15.3. The molecule has 3 aromatic heterocycles. The van der Waals surface area contributed by atoms with Crippen LogP contribution in [0.4, 0.5) is 0 Å². The summed E-state index contributed by atoms with van der Waals surface area (Å²) in [7, 11) is -6.34. The first-order chi connectivity index (χ1) is 37.7. The van der Waals surface area contributed by atoms with Crippen molar-refractivity contribution < 1.29 is 0 Å². The maximum atomic E-state index is 5.98. The van der Waals surface area contributed by atoms with Gasteiger partial charge in [-0.3, -0.25) is 4.57 Å². The Hall–Kier alpha value is -9.40. The van der Waals surface area contributed by atoms with Crippen LogP contribution in [-0.4, -0.2) is 30.3 Å². The zero-order chi connectivity index (χ0) is 50.5. The minimum Gasteiger partial charge on any atom is -0.309 e. The van der Waals surface area contributed by atoms with E-state index in [9.17, 15) is 0 Å². The first kappa shape index (κ1) is 45.2. The van der Waals surface area contributed by atoms with Gasteiger partial charge in [-0.05, 0) is 71.8 Å². The highest BCUT2D eigenvalue weighted by Gasteiger charge is 2.46. The lowest BCUT2D eigenvalue weighted by molar-refractivity contribution is 1.06. The molecule has 0 unspecified atom stereocenters.